The maximum atomic E-state index is 5.12. The monoisotopic (exact) mass is 95.1 g/mol. The lowest BCUT2D eigenvalue weighted by Gasteiger charge is -2.10. The third-order valence-corrected chi connectivity index (χ3v) is 1.15. The molecule has 0 saturated heterocycles. The zero-order valence-electron chi connectivity index (χ0n) is 4.17. The van der Waals surface area contributed by atoms with Crippen molar-refractivity contribution in [1.82, 2.24) is 0 Å². The molecule has 1 atom stereocenters. The molecule has 1 heteroatoms. The Labute approximate surface area is 43.5 Å². The summed E-state index contributed by atoms with van der Waals surface area (Å²) in [6.07, 6.45) is 9.07. The van der Waals surface area contributed by atoms with Gasteiger partial charge in [-0.2, -0.15) is 0 Å². The first-order valence-corrected chi connectivity index (χ1v) is 2.48. The fourth-order valence-corrected chi connectivity index (χ4v) is 0.579. The molecular formula is C6H9N. The van der Waals surface area contributed by atoms with Gasteiger partial charge in [-0.3, -0.25) is 0 Å². The van der Waals surface area contributed by atoms with Crippen molar-refractivity contribution in [3.8, 4) is 0 Å². The van der Waals surface area contributed by atoms with Gasteiger partial charge in [0.15, 0.2) is 0 Å². The summed E-state index contributed by atoms with van der Waals surface area (Å²) in [5.74, 6) is 0.644. The molecule has 0 aromatic rings. The molecule has 0 aromatic heterocycles. The molecule has 0 amide bonds. The SMILES string of the molecule is N/C=C/C1C=CC1. The molecule has 0 heterocycles. The van der Waals surface area contributed by atoms with Crippen molar-refractivity contribution in [2.24, 2.45) is 11.7 Å². The molecule has 0 aromatic carbocycles. The van der Waals surface area contributed by atoms with Gasteiger partial charge in [0.1, 0.15) is 0 Å². The van der Waals surface area contributed by atoms with E-state index in [4.69, 9.17) is 5.73 Å². The Balaban J connectivity index is 2.30. The summed E-state index contributed by atoms with van der Waals surface area (Å²) in [5, 5.41) is 0. The first-order chi connectivity index (χ1) is 3.43. The molecule has 1 aliphatic rings. The van der Waals surface area contributed by atoms with Crippen LogP contribution in [-0.2, 0) is 0 Å². The molecule has 1 aliphatic carbocycles. The van der Waals surface area contributed by atoms with Gasteiger partial charge in [0.05, 0.1) is 0 Å². The Morgan fingerprint density at radius 1 is 1.71 bits per heavy atom. The minimum atomic E-state index is 0.644. The van der Waals surface area contributed by atoms with Crippen LogP contribution in [0.15, 0.2) is 24.4 Å². The van der Waals surface area contributed by atoms with Crippen molar-refractivity contribution >= 4 is 0 Å². The summed E-state index contributed by atoms with van der Waals surface area (Å²) < 4.78 is 0. The van der Waals surface area contributed by atoms with Crippen molar-refractivity contribution in [3.63, 3.8) is 0 Å². The van der Waals surface area contributed by atoms with Gasteiger partial charge < -0.3 is 5.73 Å². The zero-order chi connectivity index (χ0) is 5.11. The van der Waals surface area contributed by atoms with Crippen LogP contribution in [0.3, 0.4) is 0 Å². The Kier molecular flexibility index (Phi) is 1.16. The smallest absolute Gasteiger partial charge is 0.000181 e. The molecule has 0 saturated carbocycles. The maximum absolute atomic E-state index is 5.12. The van der Waals surface area contributed by atoms with E-state index in [0.29, 0.717) is 5.92 Å². The summed E-state index contributed by atoms with van der Waals surface area (Å²) in [7, 11) is 0. The predicted octanol–water partition coefficient (Wildman–Crippen LogP) is 1.03. The Hall–Kier alpha value is -0.720. The molecule has 0 fully saturated rings. The molecule has 1 nitrogen and oxygen atoms in total. The van der Waals surface area contributed by atoms with Crippen LogP contribution in [-0.4, -0.2) is 0 Å². The van der Waals surface area contributed by atoms with Crippen LogP contribution in [0.1, 0.15) is 6.42 Å². The van der Waals surface area contributed by atoms with E-state index in [1.807, 2.05) is 6.08 Å². The normalized spacial score (nSPS) is 28.3. The summed E-state index contributed by atoms with van der Waals surface area (Å²) in [6, 6.07) is 0. The van der Waals surface area contributed by atoms with Crippen LogP contribution < -0.4 is 5.73 Å². The molecule has 0 bridgehead atoms. The van der Waals surface area contributed by atoms with Gasteiger partial charge in [-0.1, -0.05) is 18.2 Å². The second-order valence-electron chi connectivity index (χ2n) is 1.71. The van der Waals surface area contributed by atoms with Crippen LogP contribution in [0.25, 0.3) is 0 Å². The molecular weight excluding hydrogens is 86.1 g/mol. The van der Waals surface area contributed by atoms with Crippen molar-refractivity contribution in [3.05, 3.63) is 24.4 Å². The Morgan fingerprint density at radius 3 is 2.57 bits per heavy atom. The highest BCUT2D eigenvalue weighted by Gasteiger charge is 2.02. The Bertz CT molecular complexity index is 103. The van der Waals surface area contributed by atoms with E-state index in [-0.39, 0.29) is 0 Å². The van der Waals surface area contributed by atoms with Gasteiger partial charge in [-0.15, -0.1) is 0 Å². The molecule has 7 heavy (non-hydrogen) atoms. The average Bonchev–Trinajstić information content (AvgIpc) is 1.55. The highest BCUT2D eigenvalue weighted by atomic mass is 14.5. The van der Waals surface area contributed by atoms with Crippen LogP contribution in [0.2, 0.25) is 0 Å². The second-order valence-corrected chi connectivity index (χ2v) is 1.71. The van der Waals surface area contributed by atoms with Gasteiger partial charge in [0.25, 0.3) is 0 Å². The second kappa shape index (κ2) is 1.82. The van der Waals surface area contributed by atoms with Crippen molar-refractivity contribution < 1.29 is 0 Å². The minimum absolute atomic E-state index is 0.644. The molecule has 0 radical (unpaired) electrons. The lowest BCUT2D eigenvalue weighted by atomic mass is 9.96. The lowest BCUT2D eigenvalue weighted by molar-refractivity contribution is 0.758. The van der Waals surface area contributed by atoms with Crippen LogP contribution >= 0.6 is 0 Å². The van der Waals surface area contributed by atoms with Crippen LogP contribution in [0.5, 0.6) is 0 Å². The first kappa shape index (κ1) is 4.44. The number of rotatable bonds is 1. The van der Waals surface area contributed by atoms with E-state index in [1.165, 1.54) is 6.42 Å². The summed E-state index contributed by atoms with van der Waals surface area (Å²) >= 11 is 0. The fraction of sp³-hybridized carbons (Fsp3) is 0.333. The van der Waals surface area contributed by atoms with Gasteiger partial charge in [-0.25, -0.2) is 0 Å². The standard InChI is InChI=1S/C6H9N/c7-5-4-6-2-1-3-6/h1-2,4-6H,3,7H2/b5-4+. The van der Waals surface area contributed by atoms with Gasteiger partial charge >= 0.3 is 0 Å². The topological polar surface area (TPSA) is 26.0 Å². The summed E-state index contributed by atoms with van der Waals surface area (Å²) in [4.78, 5) is 0. The number of hydrogen-bond acceptors (Lipinski definition) is 1. The van der Waals surface area contributed by atoms with Crippen molar-refractivity contribution in [2.75, 3.05) is 0 Å². The Morgan fingerprint density at radius 2 is 2.43 bits per heavy atom. The highest BCUT2D eigenvalue weighted by molar-refractivity contribution is 5.10. The number of allylic oxidation sites excluding steroid dienone is 3. The van der Waals surface area contributed by atoms with E-state index in [1.54, 1.807) is 6.20 Å². The van der Waals surface area contributed by atoms with E-state index in [0.717, 1.165) is 0 Å². The molecule has 0 aliphatic heterocycles. The minimum Gasteiger partial charge on any atom is -0.405 e. The van der Waals surface area contributed by atoms with Gasteiger partial charge in [0.2, 0.25) is 0 Å². The van der Waals surface area contributed by atoms with E-state index >= 15 is 0 Å². The van der Waals surface area contributed by atoms with Gasteiger partial charge in [-0.05, 0) is 18.5 Å². The van der Waals surface area contributed by atoms with Crippen LogP contribution in [0.4, 0.5) is 0 Å². The molecule has 2 N–H and O–H groups in total. The number of nitrogens with two attached hydrogens (primary N) is 1. The third-order valence-electron chi connectivity index (χ3n) is 1.15. The maximum Gasteiger partial charge on any atom is -0.000181 e. The largest absolute Gasteiger partial charge is 0.405 e. The fourth-order valence-electron chi connectivity index (χ4n) is 0.579. The average molecular weight is 95.1 g/mol. The number of hydrogen-bond donors (Lipinski definition) is 1. The third kappa shape index (κ3) is 0.829. The quantitative estimate of drug-likeness (QED) is 0.484. The zero-order valence-corrected chi connectivity index (χ0v) is 4.17. The molecule has 1 rings (SSSR count). The first-order valence-electron chi connectivity index (χ1n) is 2.48. The van der Waals surface area contributed by atoms with Crippen molar-refractivity contribution in [2.45, 2.75) is 6.42 Å². The predicted molar refractivity (Wildman–Crippen MR) is 30.6 cm³/mol. The van der Waals surface area contributed by atoms with E-state index in [2.05, 4.69) is 12.2 Å². The van der Waals surface area contributed by atoms with Crippen molar-refractivity contribution in [1.29, 1.82) is 0 Å². The lowest BCUT2D eigenvalue weighted by Crippen LogP contribution is -1.98. The molecule has 1 unspecified atom stereocenters. The molecule has 0 spiro atoms. The van der Waals surface area contributed by atoms with E-state index < -0.39 is 0 Å². The molecule has 38 valence electrons. The summed E-state index contributed by atoms with van der Waals surface area (Å²) in [5.41, 5.74) is 5.12. The highest BCUT2D eigenvalue weighted by Crippen LogP contribution is 2.16. The van der Waals surface area contributed by atoms with E-state index in [9.17, 15) is 0 Å². The van der Waals surface area contributed by atoms with Crippen LogP contribution in [0, 0.1) is 5.92 Å². The van der Waals surface area contributed by atoms with Gasteiger partial charge in [0, 0.05) is 0 Å². The summed E-state index contributed by atoms with van der Waals surface area (Å²) in [6.45, 7) is 0.